The van der Waals surface area contributed by atoms with E-state index < -0.39 is 5.97 Å². The van der Waals surface area contributed by atoms with Gasteiger partial charge in [0.2, 0.25) is 5.88 Å². The van der Waals surface area contributed by atoms with Crippen molar-refractivity contribution in [2.24, 2.45) is 0 Å². The maximum absolute atomic E-state index is 10.9. The molecule has 0 radical (unpaired) electrons. The molecule has 0 aliphatic heterocycles. The molecular formula is C13H8Cl3NO3. The van der Waals surface area contributed by atoms with Crippen LogP contribution in [0.25, 0.3) is 11.1 Å². The maximum Gasteiger partial charge on any atom is 0.354 e. The van der Waals surface area contributed by atoms with Crippen molar-refractivity contribution >= 4 is 40.8 Å². The Morgan fingerprint density at radius 1 is 1.20 bits per heavy atom. The van der Waals surface area contributed by atoms with Gasteiger partial charge in [0.1, 0.15) is 0 Å². The van der Waals surface area contributed by atoms with E-state index in [9.17, 15) is 4.79 Å². The maximum atomic E-state index is 10.9. The quantitative estimate of drug-likeness (QED) is 0.845. The SMILES string of the molecule is COc1nc(C(=O)O)ccc1-c1cc(Cl)cc(Cl)c1Cl. The number of rotatable bonds is 3. The highest BCUT2D eigenvalue weighted by molar-refractivity contribution is 6.45. The van der Waals surface area contributed by atoms with E-state index in [0.717, 1.165) is 0 Å². The van der Waals surface area contributed by atoms with Gasteiger partial charge in [0, 0.05) is 16.1 Å². The van der Waals surface area contributed by atoms with Crippen LogP contribution in [0.2, 0.25) is 15.1 Å². The Hall–Kier alpha value is -1.49. The number of carbonyl (C=O) groups is 1. The Kier molecular flexibility index (Phi) is 4.38. The zero-order chi connectivity index (χ0) is 14.9. The van der Waals surface area contributed by atoms with Crippen molar-refractivity contribution in [3.63, 3.8) is 0 Å². The van der Waals surface area contributed by atoms with Crippen LogP contribution in [0.3, 0.4) is 0 Å². The average molecular weight is 333 g/mol. The molecule has 1 aromatic carbocycles. The highest BCUT2D eigenvalue weighted by Crippen LogP contribution is 2.39. The van der Waals surface area contributed by atoms with E-state index in [-0.39, 0.29) is 11.6 Å². The number of aromatic nitrogens is 1. The van der Waals surface area contributed by atoms with Gasteiger partial charge < -0.3 is 9.84 Å². The lowest BCUT2D eigenvalue weighted by Crippen LogP contribution is -2.02. The number of pyridine rings is 1. The van der Waals surface area contributed by atoms with Gasteiger partial charge in [0.15, 0.2) is 5.69 Å². The summed E-state index contributed by atoms with van der Waals surface area (Å²) in [6.07, 6.45) is 0. The number of aromatic carboxylic acids is 1. The molecule has 1 aromatic heterocycles. The van der Waals surface area contributed by atoms with E-state index >= 15 is 0 Å². The van der Waals surface area contributed by atoms with Crippen molar-refractivity contribution in [3.8, 4) is 17.0 Å². The molecule has 0 unspecified atom stereocenters. The Labute approximate surface area is 129 Å². The number of nitrogens with zero attached hydrogens (tertiary/aromatic N) is 1. The van der Waals surface area contributed by atoms with Crippen LogP contribution in [0.4, 0.5) is 0 Å². The van der Waals surface area contributed by atoms with E-state index in [1.54, 1.807) is 12.1 Å². The second-order valence-electron chi connectivity index (χ2n) is 3.81. The molecule has 0 aliphatic carbocycles. The second-order valence-corrected chi connectivity index (χ2v) is 5.03. The molecule has 0 aliphatic rings. The molecule has 0 saturated carbocycles. The number of halogens is 3. The number of methoxy groups -OCH3 is 1. The number of carboxylic acid groups (broad SMARTS) is 1. The van der Waals surface area contributed by atoms with Gasteiger partial charge in [-0.2, -0.15) is 0 Å². The lowest BCUT2D eigenvalue weighted by Gasteiger charge is -2.11. The molecule has 0 amide bonds. The minimum atomic E-state index is -1.15. The normalized spacial score (nSPS) is 10.4. The first-order valence-electron chi connectivity index (χ1n) is 5.37. The summed E-state index contributed by atoms with van der Waals surface area (Å²) in [6, 6.07) is 6.02. The molecule has 0 saturated heterocycles. The summed E-state index contributed by atoms with van der Waals surface area (Å²) in [5, 5.41) is 9.91. The second kappa shape index (κ2) is 5.87. The van der Waals surface area contributed by atoms with Crippen molar-refractivity contribution in [2.75, 3.05) is 7.11 Å². The van der Waals surface area contributed by atoms with Crippen LogP contribution in [0.5, 0.6) is 5.88 Å². The monoisotopic (exact) mass is 331 g/mol. The Bertz CT molecular complexity index is 689. The highest BCUT2D eigenvalue weighted by atomic mass is 35.5. The van der Waals surface area contributed by atoms with E-state index in [0.29, 0.717) is 26.2 Å². The van der Waals surface area contributed by atoms with Crippen LogP contribution in [-0.2, 0) is 0 Å². The molecule has 20 heavy (non-hydrogen) atoms. The first-order valence-corrected chi connectivity index (χ1v) is 6.50. The smallest absolute Gasteiger partial charge is 0.354 e. The van der Waals surface area contributed by atoms with Crippen molar-refractivity contribution in [3.05, 3.63) is 45.0 Å². The molecule has 0 fully saturated rings. The van der Waals surface area contributed by atoms with Crippen LogP contribution in [0, 0.1) is 0 Å². The van der Waals surface area contributed by atoms with Gasteiger partial charge in [0.05, 0.1) is 17.2 Å². The largest absolute Gasteiger partial charge is 0.481 e. The fourth-order valence-corrected chi connectivity index (χ4v) is 2.38. The van der Waals surface area contributed by atoms with Crippen LogP contribution in [0.1, 0.15) is 10.5 Å². The zero-order valence-corrected chi connectivity index (χ0v) is 12.4. The minimum absolute atomic E-state index is 0.130. The van der Waals surface area contributed by atoms with Crippen molar-refractivity contribution in [2.45, 2.75) is 0 Å². The van der Waals surface area contributed by atoms with Gasteiger partial charge in [-0.1, -0.05) is 34.8 Å². The Balaban J connectivity index is 2.67. The van der Waals surface area contributed by atoms with Gasteiger partial charge in [-0.15, -0.1) is 0 Å². The Morgan fingerprint density at radius 3 is 2.50 bits per heavy atom. The van der Waals surface area contributed by atoms with Gasteiger partial charge in [-0.05, 0) is 24.3 Å². The molecule has 0 atom stereocenters. The van der Waals surface area contributed by atoms with Crippen LogP contribution in [-0.4, -0.2) is 23.2 Å². The van der Waals surface area contributed by atoms with Gasteiger partial charge >= 0.3 is 5.97 Å². The van der Waals surface area contributed by atoms with E-state index in [1.165, 1.54) is 19.2 Å². The third-order valence-electron chi connectivity index (χ3n) is 2.56. The summed E-state index contributed by atoms with van der Waals surface area (Å²) in [4.78, 5) is 14.8. The first-order chi connectivity index (χ1) is 9.43. The highest BCUT2D eigenvalue weighted by Gasteiger charge is 2.16. The van der Waals surface area contributed by atoms with E-state index in [1.807, 2.05) is 0 Å². The number of carboxylic acids is 1. The molecule has 2 rings (SSSR count). The number of ether oxygens (including phenoxy) is 1. The van der Waals surface area contributed by atoms with Gasteiger partial charge in [0.25, 0.3) is 0 Å². The van der Waals surface area contributed by atoms with Crippen LogP contribution >= 0.6 is 34.8 Å². The fraction of sp³-hybridized carbons (Fsp3) is 0.0769. The summed E-state index contributed by atoms with van der Waals surface area (Å²) >= 11 is 18.1. The first kappa shape index (κ1) is 14.9. The molecule has 104 valence electrons. The topological polar surface area (TPSA) is 59.4 Å². The predicted octanol–water partition coefficient (Wildman–Crippen LogP) is 4.42. The summed E-state index contributed by atoms with van der Waals surface area (Å²) in [6.45, 7) is 0. The van der Waals surface area contributed by atoms with Crippen molar-refractivity contribution < 1.29 is 14.6 Å². The molecule has 2 aromatic rings. The molecule has 0 spiro atoms. The van der Waals surface area contributed by atoms with Gasteiger partial charge in [-0.3, -0.25) is 0 Å². The summed E-state index contributed by atoms with van der Waals surface area (Å²) < 4.78 is 5.11. The summed E-state index contributed by atoms with van der Waals surface area (Å²) in [7, 11) is 1.39. The van der Waals surface area contributed by atoms with Crippen molar-refractivity contribution in [1.29, 1.82) is 0 Å². The standard InChI is InChI=1S/C13H8Cl3NO3/c1-20-12-7(2-3-10(17-12)13(18)19)8-4-6(14)5-9(15)11(8)16/h2-5H,1H3,(H,18,19). The molecular weight excluding hydrogens is 325 g/mol. The molecule has 1 N–H and O–H groups in total. The molecule has 0 bridgehead atoms. The van der Waals surface area contributed by atoms with Gasteiger partial charge in [-0.25, -0.2) is 9.78 Å². The lowest BCUT2D eigenvalue weighted by molar-refractivity contribution is 0.0689. The minimum Gasteiger partial charge on any atom is -0.481 e. The molecule has 4 nitrogen and oxygen atoms in total. The van der Waals surface area contributed by atoms with E-state index in [2.05, 4.69) is 4.98 Å². The Morgan fingerprint density at radius 2 is 1.90 bits per heavy atom. The number of benzene rings is 1. The van der Waals surface area contributed by atoms with Crippen LogP contribution in [0.15, 0.2) is 24.3 Å². The third-order valence-corrected chi connectivity index (χ3v) is 3.58. The average Bonchev–Trinajstić information content (AvgIpc) is 2.42. The number of hydrogen-bond donors (Lipinski definition) is 1. The molecule has 7 heteroatoms. The zero-order valence-electron chi connectivity index (χ0n) is 10.2. The van der Waals surface area contributed by atoms with E-state index in [4.69, 9.17) is 44.6 Å². The van der Waals surface area contributed by atoms with Crippen molar-refractivity contribution in [1.82, 2.24) is 4.98 Å². The van der Waals surface area contributed by atoms with Crippen LogP contribution < -0.4 is 4.74 Å². The lowest BCUT2D eigenvalue weighted by atomic mass is 10.1. The number of hydrogen-bond acceptors (Lipinski definition) is 3. The molecule has 1 heterocycles. The third kappa shape index (κ3) is 2.82. The summed E-state index contributed by atoms with van der Waals surface area (Å²) in [5.41, 5.74) is 0.896. The fourth-order valence-electron chi connectivity index (χ4n) is 1.67. The summed E-state index contributed by atoms with van der Waals surface area (Å²) in [5.74, 6) is -1.02. The predicted molar refractivity (Wildman–Crippen MR) is 78.2 cm³/mol.